The number of sulfone groups is 4. The average molecular weight is 1980 g/mol. The van der Waals surface area contributed by atoms with Crippen LogP contribution in [0.15, 0.2) is 189 Å². The summed E-state index contributed by atoms with van der Waals surface area (Å²) in [6.07, 6.45) is -3.02. The smallest absolute Gasteiger partial charge is 0.394 e. The molecule has 2 unspecified atom stereocenters. The molecule has 0 bridgehead atoms. The van der Waals surface area contributed by atoms with Gasteiger partial charge in [0, 0.05) is 114 Å². The third kappa shape index (κ3) is 23.7. The third-order valence-corrected chi connectivity index (χ3v) is 33.3. The SMILES string of the molecule is CC(C)n1c(=O)n(-c2cccc(OC(C)(F)F)c2)c2ccc(C(=O)CC3(C)CCS(=O)(=O)CC3)cc21.CC(F)COc1cccc(-n2c(=O)n(C(C)C)c3cc(C(=O)CC4(C)CCS(=O)(=O)CC4)ccc32)c1.CC(F)COc1cccc(-n2c(=O)n(C(C)C)c3cc(C(=O)CC4(C)CS(=O)(=O)C4)ccc32)c1.CCOc1cccc(-n2c(=O)n(C(C)C)c3cc(C(=O)CC4(C)CS(=O)(=O)C4)ccc32)c1. The van der Waals surface area contributed by atoms with Gasteiger partial charge in [0.2, 0.25) is 0 Å². The molecule has 36 heteroatoms. The van der Waals surface area contributed by atoms with E-state index in [1.807, 2.05) is 114 Å². The number of ether oxygens (including phenoxy) is 4. The van der Waals surface area contributed by atoms with Crippen LogP contribution in [-0.2, 0) is 39.3 Å². The van der Waals surface area contributed by atoms with Gasteiger partial charge in [-0.05, 0) is 234 Å². The summed E-state index contributed by atoms with van der Waals surface area (Å²) in [6.45, 7) is 28.4. The van der Waals surface area contributed by atoms with Crippen LogP contribution >= 0.6 is 0 Å². The molecule has 0 radical (unpaired) electrons. The molecule has 0 spiro atoms. The molecular formula is C102H120F4N8O20S4. The normalized spacial score (nSPS) is 17.4. The number of hydrogen-bond acceptors (Lipinski definition) is 20. The molecule has 28 nitrogen and oxygen atoms in total. The lowest BCUT2D eigenvalue weighted by Crippen LogP contribution is -2.47. The second-order valence-corrected chi connectivity index (χ2v) is 48.4. The van der Waals surface area contributed by atoms with Gasteiger partial charge in [-0.2, -0.15) is 8.78 Å². The maximum atomic E-state index is 13.5. The number of hydrogen-bond donors (Lipinski definition) is 0. The van der Waals surface area contributed by atoms with Crippen LogP contribution in [0.1, 0.15) is 228 Å². The molecular weight excluding hydrogens is 1860 g/mol. The van der Waals surface area contributed by atoms with Crippen LogP contribution in [0.4, 0.5) is 17.6 Å². The first-order chi connectivity index (χ1) is 64.5. The Morgan fingerprint density at radius 3 is 0.812 bits per heavy atom. The number of halogens is 4. The maximum Gasteiger partial charge on any atom is 0.394 e. The number of aromatic nitrogens is 8. The predicted molar refractivity (Wildman–Crippen MR) is 528 cm³/mol. The minimum absolute atomic E-state index is 0.0145. The number of Topliss-reactive ketones (excluding diaryl/α,β-unsaturated/α-hetero) is 4. The summed E-state index contributed by atoms with van der Waals surface area (Å²) in [5.41, 5.74) is 6.16. The standard InChI is InChI=1S/C27H33FN2O5S.C26H30F2N2O5S.C25H29FN2O5S.C24H28N2O5S/c1-18(2)29-24-14-20(25(31)16-27(4)10-12-36(33,34)13-11-27)8-9-23(24)30(26(29)32)21-6-5-7-22(15-21)35-17-19(3)28;1-17(2)29-22-14-18(23(31)16-25(3)10-12-36(33,34)13-11-25)8-9-21(22)30(24(29)32)19-6-5-7-20(15-19)35-26(4,27)28;1-16(2)27-22-10-18(23(29)12-25(4)14-34(31,32)15-25)8-9-21(22)28(24(27)30)19-6-5-7-20(11-19)33-13-17(3)26;1-5-31-19-8-6-7-18(12-19)26-20-10-9-17(11-21(20)25(16(2)3)23(26)28)22(27)13-24(4)14-32(29,30)15-24/h5-9,14-15,18-19H,10-13,16-17H2,1-4H3;5-9,14-15,17H,10-13,16H2,1-4H3;5-11,16-17H,12-15H2,1-4H3;6-12,16H,5,13-15H2,1-4H3. The molecule has 4 fully saturated rings. The van der Waals surface area contributed by atoms with E-state index in [0.29, 0.717) is 146 Å². The van der Waals surface area contributed by atoms with E-state index in [2.05, 4.69) is 4.74 Å². The van der Waals surface area contributed by atoms with Gasteiger partial charge in [-0.1, -0.05) is 52.0 Å². The Kier molecular flexibility index (Phi) is 30.2. The van der Waals surface area contributed by atoms with E-state index in [1.165, 1.54) is 36.6 Å². The van der Waals surface area contributed by atoms with Crippen molar-refractivity contribution < 1.29 is 89.4 Å². The molecule has 0 saturated carbocycles. The molecule has 4 aliphatic heterocycles. The molecule has 4 aromatic heterocycles. The van der Waals surface area contributed by atoms with Crippen LogP contribution < -0.4 is 41.7 Å². The lowest BCUT2D eigenvalue weighted by molar-refractivity contribution is -0.158. The summed E-state index contributed by atoms with van der Waals surface area (Å²) >= 11 is 0. The Morgan fingerprint density at radius 2 is 0.580 bits per heavy atom. The minimum atomic E-state index is -3.37. The zero-order chi connectivity index (χ0) is 101. The van der Waals surface area contributed by atoms with Gasteiger partial charge in [0.05, 0.1) is 120 Å². The van der Waals surface area contributed by atoms with Gasteiger partial charge in [-0.15, -0.1) is 0 Å². The maximum absolute atomic E-state index is 13.5. The predicted octanol–water partition coefficient (Wildman–Crippen LogP) is 17.9. The van der Waals surface area contributed by atoms with Crippen molar-refractivity contribution in [2.24, 2.45) is 21.7 Å². The largest absolute Gasteiger partial charge is 0.494 e. The highest BCUT2D eigenvalue weighted by molar-refractivity contribution is 7.93. The molecule has 8 heterocycles. The van der Waals surface area contributed by atoms with E-state index in [-0.39, 0.29) is 166 Å². The van der Waals surface area contributed by atoms with Gasteiger partial charge in [0.1, 0.15) is 68.2 Å². The molecule has 740 valence electrons. The van der Waals surface area contributed by atoms with Crippen molar-refractivity contribution in [3.05, 3.63) is 234 Å². The van der Waals surface area contributed by atoms with E-state index < -0.39 is 74.0 Å². The first kappa shape index (κ1) is 104. The molecule has 16 rings (SSSR count). The zero-order valence-corrected chi connectivity index (χ0v) is 83.7. The highest BCUT2D eigenvalue weighted by Gasteiger charge is 2.48. The molecule has 0 aliphatic carbocycles. The number of imidazole rings is 4. The Bertz CT molecular complexity index is 7420. The Balaban J connectivity index is 0.000000155. The number of rotatable bonds is 30. The molecule has 4 aliphatic rings. The Labute approximate surface area is 799 Å². The average Bonchev–Trinajstić information content (AvgIpc) is 1.61. The summed E-state index contributed by atoms with van der Waals surface area (Å²) in [7, 11) is -12.1. The number of alkyl halides is 4. The molecule has 12 aromatic rings. The van der Waals surface area contributed by atoms with Crippen molar-refractivity contribution in [3.8, 4) is 45.7 Å². The quantitative estimate of drug-likeness (QED) is 0.0298. The summed E-state index contributed by atoms with van der Waals surface area (Å²) in [4.78, 5) is 106. The second kappa shape index (κ2) is 40.2. The van der Waals surface area contributed by atoms with Gasteiger partial charge < -0.3 is 18.9 Å². The van der Waals surface area contributed by atoms with Gasteiger partial charge >= 0.3 is 28.9 Å². The van der Waals surface area contributed by atoms with Crippen molar-refractivity contribution in [1.29, 1.82) is 0 Å². The molecule has 8 aromatic carbocycles. The summed E-state index contributed by atoms with van der Waals surface area (Å²) < 4.78 is 181. The van der Waals surface area contributed by atoms with Crippen LogP contribution in [-0.4, -0.2) is 178 Å². The molecule has 138 heavy (non-hydrogen) atoms. The van der Waals surface area contributed by atoms with E-state index in [9.17, 15) is 89.6 Å². The van der Waals surface area contributed by atoms with E-state index in [0.717, 1.165) is 0 Å². The lowest BCUT2D eigenvalue weighted by Gasteiger charge is -2.37. The van der Waals surface area contributed by atoms with Crippen molar-refractivity contribution in [1.82, 2.24) is 36.5 Å². The summed E-state index contributed by atoms with van der Waals surface area (Å²) in [5.74, 6) is 1.57. The Hall–Kier alpha value is -11.8. The minimum Gasteiger partial charge on any atom is -0.494 e. The monoisotopic (exact) mass is 1980 g/mol. The highest BCUT2D eigenvalue weighted by atomic mass is 32.2. The third-order valence-electron chi connectivity index (χ3n) is 25.4. The topological polar surface area (TPSA) is 349 Å². The number of benzene rings is 8. The number of fused-ring (bicyclic) bond motifs is 4. The first-order valence-electron chi connectivity index (χ1n) is 46.2. The number of carbonyl (C=O) groups is 4. The summed E-state index contributed by atoms with van der Waals surface area (Å²) in [6, 6.07) is 47.1. The number of ketones is 4. The first-order valence-corrected chi connectivity index (χ1v) is 53.5. The van der Waals surface area contributed by atoms with E-state index in [4.69, 9.17) is 14.2 Å². The molecule has 0 amide bonds. The van der Waals surface area contributed by atoms with E-state index in [1.54, 1.807) is 159 Å². The van der Waals surface area contributed by atoms with Crippen molar-refractivity contribution in [2.75, 3.05) is 65.8 Å². The number of nitrogens with zero attached hydrogens (tertiary/aromatic N) is 8. The van der Waals surface area contributed by atoms with Gasteiger partial charge in [-0.25, -0.2) is 61.6 Å². The molecule has 0 N–H and O–H groups in total. The van der Waals surface area contributed by atoms with Gasteiger partial charge in [0.25, 0.3) is 0 Å². The van der Waals surface area contributed by atoms with Gasteiger partial charge in [0.15, 0.2) is 42.8 Å². The fraction of sp³-hybridized carbons (Fsp3) is 0.451. The van der Waals surface area contributed by atoms with Crippen LogP contribution in [0.25, 0.3) is 66.9 Å². The lowest BCUT2D eigenvalue weighted by atomic mass is 9.78. The van der Waals surface area contributed by atoms with Crippen molar-refractivity contribution in [3.63, 3.8) is 0 Å². The van der Waals surface area contributed by atoms with Crippen LogP contribution in [0.5, 0.6) is 23.0 Å². The van der Waals surface area contributed by atoms with Crippen molar-refractivity contribution in [2.45, 2.75) is 205 Å². The zero-order valence-electron chi connectivity index (χ0n) is 80.5. The van der Waals surface area contributed by atoms with E-state index >= 15 is 0 Å². The van der Waals surface area contributed by atoms with Crippen LogP contribution in [0, 0.1) is 21.7 Å². The molecule has 2 atom stereocenters. The van der Waals surface area contributed by atoms with Gasteiger partial charge in [-0.3, -0.25) is 55.7 Å². The van der Waals surface area contributed by atoms with Crippen LogP contribution in [0.2, 0.25) is 0 Å². The van der Waals surface area contributed by atoms with Crippen LogP contribution in [0.3, 0.4) is 0 Å². The fourth-order valence-corrected chi connectivity index (χ4v) is 26.9. The highest BCUT2D eigenvalue weighted by Crippen LogP contribution is 2.43. The molecule has 4 saturated heterocycles. The Morgan fingerprint density at radius 1 is 0.341 bits per heavy atom. The second-order valence-electron chi connectivity index (χ2n) is 39.7. The number of carbonyl (C=O) groups excluding carboxylic acids is 4. The fourth-order valence-electron chi connectivity index (χ4n) is 18.8. The van der Waals surface area contributed by atoms with Crippen molar-refractivity contribution >= 4 is 107 Å². The summed E-state index contributed by atoms with van der Waals surface area (Å²) in [5, 5.41) is 0.